The van der Waals surface area contributed by atoms with Crippen LogP contribution in [0.5, 0.6) is 5.75 Å². The first-order chi connectivity index (χ1) is 10.7. The second-order valence-electron chi connectivity index (χ2n) is 4.30. The molecule has 0 spiro atoms. The number of carbonyl (C=O) groups excluding carboxylic acids is 1. The normalized spacial score (nSPS) is 10.0. The molecule has 6 nitrogen and oxygen atoms in total. The van der Waals surface area contributed by atoms with E-state index in [4.69, 9.17) is 11.2 Å². The van der Waals surface area contributed by atoms with Gasteiger partial charge in [0.2, 0.25) is 0 Å². The number of methoxy groups -OCH3 is 1. The highest BCUT2D eigenvalue weighted by atomic mass is 127. The van der Waals surface area contributed by atoms with E-state index in [1.54, 1.807) is 31.4 Å². The molecular formula is C16H23IN4O2. The van der Waals surface area contributed by atoms with E-state index in [1.165, 1.54) is 0 Å². The highest BCUT2D eigenvalue weighted by molar-refractivity contribution is 14.0. The van der Waals surface area contributed by atoms with Crippen LogP contribution in [-0.4, -0.2) is 45.2 Å². The standard InChI is InChI=1S/C16H22N4O2.HI/c1-4-10-19-16(17-5-2)20-12-11-18-15(21)13-6-8-14(22-3)9-7-13;/h1,6-9H,5,10-12H2,2-3H3,(H,18,21)(H2,17,19,20);1H. The molecule has 0 atom stereocenters. The Morgan fingerprint density at radius 2 is 1.96 bits per heavy atom. The summed E-state index contributed by atoms with van der Waals surface area (Å²) in [6, 6.07) is 6.94. The number of terminal acetylenes is 1. The Hall–Kier alpha value is -1.95. The average Bonchev–Trinajstić information content (AvgIpc) is 2.56. The Morgan fingerprint density at radius 1 is 1.26 bits per heavy atom. The maximum atomic E-state index is 11.9. The Labute approximate surface area is 154 Å². The molecule has 0 saturated carbocycles. The summed E-state index contributed by atoms with van der Waals surface area (Å²) in [7, 11) is 1.59. The summed E-state index contributed by atoms with van der Waals surface area (Å²) in [6.45, 7) is 4.02. The predicted molar refractivity (Wildman–Crippen MR) is 104 cm³/mol. The van der Waals surface area contributed by atoms with Crippen LogP contribution in [0.3, 0.4) is 0 Å². The van der Waals surface area contributed by atoms with Crippen LogP contribution in [0.25, 0.3) is 0 Å². The highest BCUT2D eigenvalue weighted by Gasteiger charge is 2.04. The molecule has 1 aromatic rings. The molecule has 0 heterocycles. The van der Waals surface area contributed by atoms with E-state index in [1.807, 2.05) is 6.92 Å². The van der Waals surface area contributed by atoms with Crippen molar-refractivity contribution in [2.24, 2.45) is 4.99 Å². The van der Waals surface area contributed by atoms with Crippen LogP contribution < -0.4 is 20.7 Å². The van der Waals surface area contributed by atoms with Crippen LogP contribution in [0, 0.1) is 12.3 Å². The van der Waals surface area contributed by atoms with Crippen LogP contribution in [0.2, 0.25) is 0 Å². The first kappa shape index (κ1) is 21.0. The molecule has 3 N–H and O–H groups in total. The third kappa shape index (κ3) is 8.30. The van der Waals surface area contributed by atoms with Crippen LogP contribution in [0.4, 0.5) is 0 Å². The van der Waals surface area contributed by atoms with Gasteiger partial charge >= 0.3 is 0 Å². The summed E-state index contributed by atoms with van der Waals surface area (Å²) in [5, 5.41) is 8.85. The van der Waals surface area contributed by atoms with Crippen molar-refractivity contribution in [2.45, 2.75) is 6.92 Å². The van der Waals surface area contributed by atoms with Crippen LogP contribution in [-0.2, 0) is 0 Å². The zero-order valence-electron chi connectivity index (χ0n) is 13.4. The SMILES string of the molecule is C#CCNC(=NCCNC(=O)c1ccc(OC)cc1)NCC.I. The average molecular weight is 430 g/mol. The molecule has 1 aromatic carbocycles. The molecule has 0 aliphatic rings. The first-order valence-corrected chi connectivity index (χ1v) is 7.09. The number of halogens is 1. The van der Waals surface area contributed by atoms with Crippen molar-refractivity contribution in [3.05, 3.63) is 29.8 Å². The molecule has 0 unspecified atom stereocenters. The fourth-order valence-corrected chi connectivity index (χ4v) is 1.66. The molecular weight excluding hydrogens is 407 g/mol. The Bertz CT molecular complexity index is 538. The lowest BCUT2D eigenvalue weighted by molar-refractivity contribution is 0.0955. The Balaban J connectivity index is 0.00000484. The van der Waals surface area contributed by atoms with Gasteiger partial charge in [0.05, 0.1) is 20.2 Å². The van der Waals surface area contributed by atoms with E-state index >= 15 is 0 Å². The van der Waals surface area contributed by atoms with Gasteiger partial charge in [-0.05, 0) is 31.2 Å². The molecule has 0 saturated heterocycles. The third-order valence-corrected chi connectivity index (χ3v) is 2.72. The Morgan fingerprint density at radius 3 is 2.52 bits per heavy atom. The molecule has 23 heavy (non-hydrogen) atoms. The third-order valence-electron chi connectivity index (χ3n) is 2.72. The summed E-state index contributed by atoms with van der Waals surface area (Å²) in [5.74, 6) is 3.70. The van der Waals surface area contributed by atoms with E-state index in [0.29, 0.717) is 31.2 Å². The van der Waals surface area contributed by atoms with Crippen molar-refractivity contribution in [1.82, 2.24) is 16.0 Å². The van der Waals surface area contributed by atoms with Crippen LogP contribution in [0.15, 0.2) is 29.3 Å². The van der Waals surface area contributed by atoms with Crippen molar-refractivity contribution < 1.29 is 9.53 Å². The predicted octanol–water partition coefficient (Wildman–Crippen LogP) is 1.23. The number of aliphatic imine (C=N–C) groups is 1. The van der Waals surface area contributed by atoms with E-state index in [9.17, 15) is 4.79 Å². The molecule has 0 aliphatic carbocycles. The number of guanidine groups is 1. The van der Waals surface area contributed by atoms with E-state index in [2.05, 4.69) is 26.9 Å². The lowest BCUT2D eigenvalue weighted by Gasteiger charge is -2.09. The molecule has 0 aliphatic heterocycles. The largest absolute Gasteiger partial charge is 0.497 e. The van der Waals surface area contributed by atoms with E-state index in [0.717, 1.165) is 12.3 Å². The number of hydrogen-bond donors (Lipinski definition) is 3. The van der Waals surface area contributed by atoms with Gasteiger partial charge < -0.3 is 20.7 Å². The molecule has 1 rings (SSSR count). The zero-order valence-corrected chi connectivity index (χ0v) is 15.7. The van der Waals surface area contributed by atoms with Crippen LogP contribution >= 0.6 is 24.0 Å². The van der Waals surface area contributed by atoms with Gasteiger partial charge in [0.25, 0.3) is 5.91 Å². The summed E-state index contributed by atoms with van der Waals surface area (Å²) in [5.41, 5.74) is 0.585. The maximum Gasteiger partial charge on any atom is 0.251 e. The van der Waals surface area contributed by atoms with Crippen molar-refractivity contribution in [3.63, 3.8) is 0 Å². The minimum absolute atomic E-state index is 0. The lowest BCUT2D eigenvalue weighted by Crippen LogP contribution is -2.38. The molecule has 1 amide bonds. The fraction of sp³-hybridized carbons (Fsp3) is 0.375. The number of amides is 1. The van der Waals surface area contributed by atoms with E-state index < -0.39 is 0 Å². The summed E-state index contributed by atoms with van der Waals surface area (Å²) < 4.78 is 5.05. The van der Waals surface area contributed by atoms with Crippen molar-refractivity contribution >= 4 is 35.8 Å². The minimum Gasteiger partial charge on any atom is -0.497 e. The summed E-state index contributed by atoms with van der Waals surface area (Å²) >= 11 is 0. The quantitative estimate of drug-likeness (QED) is 0.200. The number of nitrogens with one attached hydrogen (secondary N) is 3. The summed E-state index contributed by atoms with van der Waals surface area (Å²) in [4.78, 5) is 16.2. The van der Waals surface area contributed by atoms with Crippen LogP contribution in [0.1, 0.15) is 17.3 Å². The zero-order chi connectivity index (χ0) is 16.2. The van der Waals surface area contributed by atoms with Gasteiger partial charge in [-0.1, -0.05) is 5.92 Å². The van der Waals surface area contributed by atoms with Gasteiger partial charge in [-0.15, -0.1) is 30.4 Å². The number of nitrogens with zero attached hydrogens (tertiary/aromatic N) is 1. The molecule has 126 valence electrons. The summed E-state index contributed by atoms with van der Waals surface area (Å²) in [6.07, 6.45) is 5.19. The molecule has 0 fully saturated rings. The topological polar surface area (TPSA) is 74.8 Å². The van der Waals surface area contributed by atoms with Gasteiger partial charge in [-0.25, -0.2) is 0 Å². The smallest absolute Gasteiger partial charge is 0.251 e. The Kier molecular flexibility index (Phi) is 11.5. The fourth-order valence-electron chi connectivity index (χ4n) is 1.66. The molecule has 0 aromatic heterocycles. The van der Waals surface area contributed by atoms with Crippen molar-refractivity contribution in [2.75, 3.05) is 33.3 Å². The number of ether oxygens (including phenoxy) is 1. The number of carbonyl (C=O) groups is 1. The molecule has 7 heteroatoms. The number of benzene rings is 1. The second kappa shape index (κ2) is 12.6. The van der Waals surface area contributed by atoms with Crippen molar-refractivity contribution in [1.29, 1.82) is 0 Å². The minimum atomic E-state index is -0.139. The number of hydrogen-bond acceptors (Lipinski definition) is 3. The van der Waals surface area contributed by atoms with Gasteiger partial charge in [0.15, 0.2) is 5.96 Å². The maximum absolute atomic E-state index is 11.9. The van der Waals surface area contributed by atoms with Gasteiger partial charge in [0.1, 0.15) is 5.75 Å². The molecule has 0 bridgehead atoms. The van der Waals surface area contributed by atoms with Gasteiger partial charge in [-0.2, -0.15) is 0 Å². The monoisotopic (exact) mass is 430 g/mol. The first-order valence-electron chi connectivity index (χ1n) is 7.09. The highest BCUT2D eigenvalue weighted by Crippen LogP contribution is 2.10. The second-order valence-corrected chi connectivity index (χ2v) is 4.30. The van der Waals surface area contributed by atoms with Gasteiger partial charge in [0, 0.05) is 18.7 Å². The van der Waals surface area contributed by atoms with E-state index in [-0.39, 0.29) is 29.9 Å². The van der Waals surface area contributed by atoms with Gasteiger partial charge in [-0.3, -0.25) is 9.79 Å². The molecule has 0 radical (unpaired) electrons. The van der Waals surface area contributed by atoms with Crippen molar-refractivity contribution in [3.8, 4) is 18.1 Å². The number of rotatable bonds is 7. The lowest BCUT2D eigenvalue weighted by atomic mass is 10.2.